The summed E-state index contributed by atoms with van der Waals surface area (Å²) in [7, 11) is 0. The van der Waals surface area contributed by atoms with Gasteiger partial charge in [-0.15, -0.1) is 0 Å². The van der Waals surface area contributed by atoms with Crippen LogP contribution in [-0.2, 0) is 6.54 Å². The molecule has 0 unspecified atom stereocenters. The fourth-order valence-corrected chi connectivity index (χ4v) is 2.90. The second kappa shape index (κ2) is 9.58. The van der Waals surface area contributed by atoms with Crippen LogP contribution in [0, 0.1) is 11.3 Å². The number of piperazine rings is 1. The van der Waals surface area contributed by atoms with E-state index in [-0.39, 0.29) is 0 Å². The van der Waals surface area contributed by atoms with Crippen molar-refractivity contribution in [1.82, 2.24) is 15.1 Å². The van der Waals surface area contributed by atoms with Crippen molar-refractivity contribution < 1.29 is 0 Å². The van der Waals surface area contributed by atoms with Crippen LogP contribution >= 0.6 is 0 Å². The molecule has 0 spiro atoms. The quantitative estimate of drug-likeness (QED) is 0.746. The van der Waals surface area contributed by atoms with Gasteiger partial charge in [0.25, 0.3) is 0 Å². The lowest BCUT2D eigenvalue weighted by Crippen LogP contribution is -2.46. The smallest absolute Gasteiger partial charge is 0.0991 e. The minimum atomic E-state index is 0.741. The molecule has 0 atom stereocenters. The Kier molecular flexibility index (Phi) is 7.38. The molecule has 0 aliphatic carbocycles. The number of nitriles is 1. The Balaban J connectivity index is 1.52. The van der Waals surface area contributed by atoms with Gasteiger partial charge in [-0.25, -0.2) is 0 Å². The van der Waals surface area contributed by atoms with Gasteiger partial charge in [-0.1, -0.05) is 19.1 Å². The average molecular weight is 300 g/mol. The third kappa shape index (κ3) is 5.76. The molecule has 2 rings (SSSR count). The van der Waals surface area contributed by atoms with E-state index in [0.717, 1.165) is 18.7 Å². The molecule has 1 heterocycles. The molecule has 22 heavy (non-hydrogen) atoms. The number of benzene rings is 1. The van der Waals surface area contributed by atoms with Gasteiger partial charge in [-0.3, -0.25) is 0 Å². The van der Waals surface area contributed by atoms with Gasteiger partial charge in [-0.2, -0.15) is 5.26 Å². The Bertz CT molecular complexity index is 472. The molecule has 1 aliphatic rings. The van der Waals surface area contributed by atoms with E-state index in [1.54, 1.807) is 0 Å². The number of hydrogen-bond donors (Lipinski definition) is 1. The second-order valence-electron chi connectivity index (χ2n) is 5.97. The first-order chi connectivity index (χ1) is 10.8. The number of nitrogens with zero attached hydrogens (tertiary/aromatic N) is 3. The molecule has 0 aromatic heterocycles. The van der Waals surface area contributed by atoms with E-state index in [1.807, 2.05) is 18.2 Å². The molecular weight excluding hydrogens is 272 g/mol. The van der Waals surface area contributed by atoms with Crippen LogP contribution in [-0.4, -0.2) is 55.6 Å². The molecule has 0 radical (unpaired) electrons. The molecule has 1 aromatic carbocycles. The van der Waals surface area contributed by atoms with Crippen LogP contribution in [0.5, 0.6) is 0 Å². The number of likely N-dealkylation sites (N-methyl/N-ethyl adjacent to an activating group) is 1. The third-order valence-corrected chi connectivity index (χ3v) is 4.38. The Hall–Kier alpha value is -1.41. The lowest BCUT2D eigenvalue weighted by Gasteiger charge is -2.33. The van der Waals surface area contributed by atoms with Gasteiger partial charge >= 0.3 is 0 Å². The molecule has 0 bridgehead atoms. The molecular formula is C18H28N4. The maximum Gasteiger partial charge on any atom is 0.0991 e. The first kappa shape index (κ1) is 17.0. The van der Waals surface area contributed by atoms with Gasteiger partial charge in [0, 0.05) is 32.7 Å². The van der Waals surface area contributed by atoms with E-state index < -0.39 is 0 Å². The SMILES string of the molecule is CCN1CCN(CCCCNCc2cccc(C#N)c2)CC1. The molecule has 1 aliphatic heterocycles. The average Bonchev–Trinajstić information content (AvgIpc) is 2.58. The molecule has 120 valence electrons. The summed E-state index contributed by atoms with van der Waals surface area (Å²) in [6.07, 6.45) is 2.48. The second-order valence-corrected chi connectivity index (χ2v) is 5.97. The van der Waals surface area contributed by atoms with Gasteiger partial charge in [0.2, 0.25) is 0 Å². The number of rotatable bonds is 8. The van der Waals surface area contributed by atoms with Gasteiger partial charge < -0.3 is 15.1 Å². The maximum absolute atomic E-state index is 8.88. The zero-order chi connectivity index (χ0) is 15.6. The zero-order valence-electron chi connectivity index (χ0n) is 13.7. The summed E-state index contributed by atoms with van der Waals surface area (Å²) in [4.78, 5) is 5.11. The van der Waals surface area contributed by atoms with Crippen LogP contribution in [0.1, 0.15) is 30.9 Å². The lowest BCUT2D eigenvalue weighted by atomic mass is 10.1. The van der Waals surface area contributed by atoms with Crippen LogP contribution in [0.4, 0.5) is 0 Å². The highest BCUT2D eigenvalue weighted by atomic mass is 15.3. The summed E-state index contributed by atoms with van der Waals surface area (Å²) in [5, 5.41) is 12.4. The highest BCUT2D eigenvalue weighted by molar-refractivity contribution is 5.32. The summed E-state index contributed by atoms with van der Waals surface area (Å²) in [6.45, 7) is 11.5. The van der Waals surface area contributed by atoms with Gasteiger partial charge in [0.1, 0.15) is 0 Å². The normalized spacial score (nSPS) is 16.5. The Morgan fingerprint density at radius 1 is 1.14 bits per heavy atom. The van der Waals surface area contributed by atoms with Crippen LogP contribution in [0.2, 0.25) is 0 Å². The number of hydrogen-bond acceptors (Lipinski definition) is 4. The van der Waals surface area contributed by atoms with Crippen molar-refractivity contribution in [2.75, 3.05) is 45.8 Å². The van der Waals surface area contributed by atoms with E-state index in [9.17, 15) is 0 Å². The van der Waals surface area contributed by atoms with E-state index in [0.29, 0.717) is 0 Å². The molecule has 0 saturated carbocycles. The summed E-state index contributed by atoms with van der Waals surface area (Å²) in [6, 6.07) is 10.0. The van der Waals surface area contributed by atoms with Gasteiger partial charge in [0.05, 0.1) is 11.6 Å². The number of nitrogens with one attached hydrogen (secondary N) is 1. The van der Waals surface area contributed by atoms with Crippen molar-refractivity contribution >= 4 is 0 Å². The van der Waals surface area contributed by atoms with Crippen LogP contribution in [0.3, 0.4) is 0 Å². The monoisotopic (exact) mass is 300 g/mol. The van der Waals surface area contributed by atoms with Crippen molar-refractivity contribution in [2.24, 2.45) is 0 Å². The summed E-state index contributed by atoms with van der Waals surface area (Å²) < 4.78 is 0. The first-order valence-electron chi connectivity index (χ1n) is 8.46. The third-order valence-electron chi connectivity index (χ3n) is 4.38. The fourth-order valence-electron chi connectivity index (χ4n) is 2.90. The van der Waals surface area contributed by atoms with E-state index in [2.05, 4.69) is 34.2 Å². The molecule has 1 N–H and O–H groups in total. The first-order valence-corrected chi connectivity index (χ1v) is 8.46. The Morgan fingerprint density at radius 3 is 2.64 bits per heavy atom. The predicted molar refractivity (Wildman–Crippen MR) is 90.7 cm³/mol. The highest BCUT2D eigenvalue weighted by Gasteiger charge is 2.14. The van der Waals surface area contributed by atoms with Crippen molar-refractivity contribution in [3.63, 3.8) is 0 Å². The fraction of sp³-hybridized carbons (Fsp3) is 0.611. The maximum atomic E-state index is 8.88. The molecule has 1 fully saturated rings. The summed E-state index contributed by atoms with van der Waals surface area (Å²) in [5.41, 5.74) is 1.93. The van der Waals surface area contributed by atoms with Crippen molar-refractivity contribution in [2.45, 2.75) is 26.3 Å². The van der Waals surface area contributed by atoms with Crippen molar-refractivity contribution in [3.8, 4) is 6.07 Å². The minimum absolute atomic E-state index is 0.741. The molecule has 1 aromatic rings. The highest BCUT2D eigenvalue weighted by Crippen LogP contribution is 2.05. The Labute approximate surface area is 134 Å². The van der Waals surface area contributed by atoms with Gasteiger partial charge in [-0.05, 0) is 50.2 Å². The van der Waals surface area contributed by atoms with Crippen molar-refractivity contribution in [3.05, 3.63) is 35.4 Å². The van der Waals surface area contributed by atoms with Crippen LogP contribution in [0.15, 0.2) is 24.3 Å². The molecule has 1 saturated heterocycles. The number of unbranched alkanes of at least 4 members (excludes halogenated alkanes) is 1. The molecule has 0 amide bonds. The van der Waals surface area contributed by atoms with E-state index >= 15 is 0 Å². The van der Waals surface area contributed by atoms with E-state index in [4.69, 9.17) is 5.26 Å². The summed E-state index contributed by atoms with van der Waals surface area (Å²) in [5.74, 6) is 0. The minimum Gasteiger partial charge on any atom is -0.313 e. The standard InChI is InChI=1S/C18H28N4/c1-2-21-10-12-22(13-11-21)9-4-3-8-20-16-18-7-5-6-17(14-18)15-19/h5-7,14,20H,2-4,8-13,16H2,1H3. The van der Waals surface area contributed by atoms with Gasteiger partial charge in [0.15, 0.2) is 0 Å². The lowest BCUT2D eigenvalue weighted by molar-refractivity contribution is 0.135. The summed E-state index contributed by atoms with van der Waals surface area (Å²) >= 11 is 0. The van der Waals surface area contributed by atoms with Crippen molar-refractivity contribution in [1.29, 1.82) is 5.26 Å². The van der Waals surface area contributed by atoms with E-state index in [1.165, 1.54) is 57.7 Å². The predicted octanol–water partition coefficient (Wildman–Crippen LogP) is 2.07. The largest absolute Gasteiger partial charge is 0.313 e. The molecule has 4 nitrogen and oxygen atoms in total. The topological polar surface area (TPSA) is 42.3 Å². The van der Waals surface area contributed by atoms with Crippen LogP contribution < -0.4 is 5.32 Å². The molecule has 4 heteroatoms. The Morgan fingerprint density at radius 2 is 1.91 bits per heavy atom. The zero-order valence-corrected chi connectivity index (χ0v) is 13.7. The van der Waals surface area contributed by atoms with Crippen LogP contribution in [0.25, 0.3) is 0 Å².